The van der Waals surface area contributed by atoms with Gasteiger partial charge in [-0.25, -0.2) is 4.79 Å². The molecule has 2 aromatic heterocycles. The van der Waals surface area contributed by atoms with Crippen molar-refractivity contribution in [2.24, 2.45) is 13.0 Å². The molecule has 1 N–H and O–H groups in total. The van der Waals surface area contributed by atoms with Gasteiger partial charge in [0.05, 0.1) is 28.4 Å². The molecular weight excluding hydrogens is 647 g/mol. The highest BCUT2D eigenvalue weighted by molar-refractivity contribution is 6.35. The van der Waals surface area contributed by atoms with Crippen LogP contribution in [0.2, 0.25) is 10.0 Å². The summed E-state index contributed by atoms with van der Waals surface area (Å²) in [5.41, 5.74) is 9.37. The number of hydrogen-bond donors (Lipinski definition) is 1. The predicted octanol–water partition coefficient (Wildman–Crippen LogP) is 8.58. The molecule has 8 nitrogen and oxygen atoms in total. The molecule has 3 heterocycles. The number of halogens is 2. The lowest BCUT2D eigenvalue weighted by atomic mass is 9.98. The van der Waals surface area contributed by atoms with Crippen LogP contribution >= 0.6 is 23.2 Å². The molecule has 0 radical (unpaired) electrons. The number of aryl methyl sites for hydroxylation is 5. The van der Waals surface area contributed by atoms with Crippen molar-refractivity contribution in [2.45, 2.75) is 60.5 Å². The first kappa shape index (κ1) is 33.6. The zero-order valence-corrected chi connectivity index (χ0v) is 29.7. The van der Waals surface area contributed by atoms with E-state index in [1.54, 1.807) is 24.3 Å². The van der Waals surface area contributed by atoms with Gasteiger partial charge in [-0.3, -0.25) is 9.48 Å². The van der Waals surface area contributed by atoms with Gasteiger partial charge in [0.15, 0.2) is 0 Å². The summed E-state index contributed by atoms with van der Waals surface area (Å²) in [6.45, 7) is 12.2. The average Bonchev–Trinajstić information content (AvgIpc) is 3.43. The number of aromatic carboxylic acids is 1. The molecule has 3 aromatic carbocycles. The summed E-state index contributed by atoms with van der Waals surface area (Å²) in [6.07, 6.45) is 1.31. The van der Waals surface area contributed by atoms with Gasteiger partial charge in [-0.2, -0.15) is 5.10 Å². The number of rotatable bonds is 9. The van der Waals surface area contributed by atoms with Crippen molar-refractivity contribution in [3.63, 3.8) is 0 Å². The third-order valence-corrected chi connectivity index (χ3v) is 10.3. The van der Waals surface area contributed by atoms with Crippen LogP contribution < -0.4 is 4.74 Å². The summed E-state index contributed by atoms with van der Waals surface area (Å²) in [5, 5.41) is 16.4. The molecule has 1 amide bonds. The third-order valence-electron chi connectivity index (χ3n) is 9.38. The molecule has 0 saturated carbocycles. The molecule has 0 saturated heterocycles. The number of fused-ring (bicyclic) bond motifs is 3. The molecule has 6 rings (SSSR count). The van der Waals surface area contributed by atoms with Crippen LogP contribution in [0.5, 0.6) is 5.75 Å². The monoisotopic (exact) mass is 686 g/mol. The Balaban J connectivity index is 1.44. The Morgan fingerprint density at radius 1 is 1.00 bits per heavy atom. The van der Waals surface area contributed by atoms with Gasteiger partial charge in [-0.1, -0.05) is 48.3 Å². The van der Waals surface area contributed by atoms with Crippen LogP contribution in [-0.4, -0.2) is 49.4 Å². The van der Waals surface area contributed by atoms with E-state index in [1.807, 2.05) is 68.6 Å². The molecular formula is C38H40Cl2N4O4. The predicted molar refractivity (Wildman–Crippen MR) is 191 cm³/mol. The van der Waals surface area contributed by atoms with E-state index in [2.05, 4.69) is 11.5 Å². The molecule has 250 valence electrons. The maximum atomic E-state index is 14.7. The Bertz CT molecular complexity index is 2040. The number of carbonyl (C=O) groups excluding carboxylic acids is 1. The number of carboxylic acids is 1. The van der Waals surface area contributed by atoms with Gasteiger partial charge >= 0.3 is 5.97 Å². The Hall–Kier alpha value is -4.27. The fraction of sp³-hybridized carbons (Fsp3) is 0.342. The van der Waals surface area contributed by atoms with Crippen LogP contribution in [0.4, 0.5) is 0 Å². The van der Waals surface area contributed by atoms with Crippen LogP contribution in [0, 0.1) is 33.6 Å². The van der Waals surface area contributed by atoms with Crippen LogP contribution in [-0.2, 0) is 26.6 Å². The number of aromatic nitrogens is 3. The van der Waals surface area contributed by atoms with Crippen molar-refractivity contribution in [1.29, 1.82) is 0 Å². The van der Waals surface area contributed by atoms with Gasteiger partial charge in [0.25, 0.3) is 5.91 Å². The minimum Gasteiger partial charge on any atom is -0.494 e. The lowest BCUT2D eigenvalue weighted by Gasteiger charge is -2.23. The van der Waals surface area contributed by atoms with Crippen molar-refractivity contribution in [3.8, 4) is 16.9 Å². The molecule has 0 fully saturated rings. The van der Waals surface area contributed by atoms with Gasteiger partial charge in [0.2, 0.25) is 0 Å². The number of nitrogens with zero attached hydrogens (tertiary/aromatic N) is 4. The Kier molecular flexibility index (Phi) is 9.33. The van der Waals surface area contributed by atoms with E-state index in [0.717, 1.165) is 66.4 Å². The second kappa shape index (κ2) is 13.3. The molecule has 0 spiro atoms. The minimum atomic E-state index is -0.978. The van der Waals surface area contributed by atoms with Crippen molar-refractivity contribution in [1.82, 2.24) is 19.2 Å². The van der Waals surface area contributed by atoms with E-state index in [-0.39, 0.29) is 17.4 Å². The van der Waals surface area contributed by atoms with E-state index >= 15 is 0 Å². The molecule has 1 aliphatic heterocycles. The van der Waals surface area contributed by atoms with E-state index in [4.69, 9.17) is 33.0 Å². The molecule has 0 bridgehead atoms. The first-order chi connectivity index (χ1) is 22.8. The standard InChI is InChI=1S/C38H40Cl2N4O4/c1-21-18-43(20-26-9-11-27(12-10-26)38(46)47)37(45)36-29(8-7-15-48-28-16-22(2)34(40)23(3)17-28)30-13-14-31(39)33(35(30)44(36)19-21)32-24(4)41-42(6)25(32)5/h9-14,16-17,21H,7-8,15,18-20H2,1-6H3,(H,46,47). The van der Waals surface area contributed by atoms with Crippen molar-refractivity contribution in [2.75, 3.05) is 13.2 Å². The Morgan fingerprint density at radius 3 is 2.31 bits per heavy atom. The number of hydrogen-bond acceptors (Lipinski definition) is 4. The molecule has 1 unspecified atom stereocenters. The number of ether oxygens (including phenoxy) is 1. The van der Waals surface area contributed by atoms with E-state index in [1.165, 1.54) is 0 Å². The summed E-state index contributed by atoms with van der Waals surface area (Å²) in [6, 6.07) is 14.6. The zero-order valence-electron chi connectivity index (χ0n) is 28.2. The highest BCUT2D eigenvalue weighted by atomic mass is 35.5. The molecule has 10 heteroatoms. The Labute approximate surface area is 290 Å². The topological polar surface area (TPSA) is 89.6 Å². The summed E-state index contributed by atoms with van der Waals surface area (Å²) < 4.78 is 10.2. The first-order valence-corrected chi connectivity index (χ1v) is 17.0. The fourth-order valence-electron chi connectivity index (χ4n) is 7.06. The average molecular weight is 688 g/mol. The molecule has 1 atom stereocenters. The number of amides is 1. The van der Waals surface area contributed by atoms with Gasteiger partial charge < -0.3 is 19.3 Å². The van der Waals surface area contributed by atoms with Crippen molar-refractivity contribution >= 4 is 46.0 Å². The zero-order chi connectivity index (χ0) is 34.4. The molecule has 1 aliphatic rings. The number of carboxylic acid groups (broad SMARTS) is 1. The van der Waals surface area contributed by atoms with Gasteiger partial charge in [-0.05, 0) is 99.0 Å². The highest BCUT2D eigenvalue weighted by Crippen LogP contribution is 2.43. The first-order valence-electron chi connectivity index (χ1n) is 16.2. The van der Waals surface area contributed by atoms with Crippen LogP contribution in [0.25, 0.3) is 22.0 Å². The lowest BCUT2D eigenvalue weighted by molar-refractivity contribution is 0.0693. The van der Waals surface area contributed by atoms with E-state index in [0.29, 0.717) is 49.8 Å². The largest absolute Gasteiger partial charge is 0.494 e. The fourth-order valence-corrected chi connectivity index (χ4v) is 7.42. The second-order valence-corrected chi connectivity index (χ2v) is 13.8. The van der Waals surface area contributed by atoms with Gasteiger partial charge in [0, 0.05) is 53.9 Å². The lowest BCUT2D eigenvalue weighted by Crippen LogP contribution is -2.33. The number of carbonyl (C=O) groups is 2. The van der Waals surface area contributed by atoms with Crippen LogP contribution in [0.3, 0.4) is 0 Å². The molecule has 48 heavy (non-hydrogen) atoms. The molecule has 5 aromatic rings. The summed E-state index contributed by atoms with van der Waals surface area (Å²) in [4.78, 5) is 28.0. The summed E-state index contributed by atoms with van der Waals surface area (Å²) in [7, 11) is 1.93. The minimum absolute atomic E-state index is 0.0561. The Morgan fingerprint density at radius 2 is 1.69 bits per heavy atom. The van der Waals surface area contributed by atoms with Gasteiger partial charge in [0.1, 0.15) is 11.4 Å². The smallest absolute Gasteiger partial charge is 0.335 e. The SMILES string of the molecule is Cc1cc(OCCCc2c3n(c4c(-c5c(C)nn(C)c5C)c(Cl)ccc24)CC(C)CN(Cc2ccc(C(=O)O)cc2)C3=O)cc(C)c1Cl. The van der Waals surface area contributed by atoms with Crippen molar-refractivity contribution in [3.05, 3.63) is 103 Å². The van der Waals surface area contributed by atoms with Crippen LogP contribution in [0.15, 0.2) is 48.5 Å². The van der Waals surface area contributed by atoms with Crippen LogP contribution in [0.1, 0.15) is 67.8 Å². The normalized spacial score (nSPS) is 14.8. The second-order valence-electron chi connectivity index (χ2n) is 13.0. The van der Waals surface area contributed by atoms with E-state index < -0.39 is 5.97 Å². The molecule has 0 aliphatic carbocycles. The maximum Gasteiger partial charge on any atom is 0.335 e. The van der Waals surface area contributed by atoms with E-state index in [9.17, 15) is 14.7 Å². The summed E-state index contributed by atoms with van der Waals surface area (Å²) >= 11 is 13.4. The van der Waals surface area contributed by atoms with Gasteiger partial charge in [-0.15, -0.1) is 0 Å². The number of benzene rings is 3. The van der Waals surface area contributed by atoms with Crippen molar-refractivity contribution < 1.29 is 19.4 Å². The summed E-state index contributed by atoms with van der Waals surface area (Å²) in [5.74, 6) is -0.121. The quantitative estimate of drug-likeness (QED) is 0.157. The highest BCUT2D eigenvalue weighted by Gasteiger charge is 2.33. The maximum absolute atomic E-state index is 14.7. The third kappa shape index (κ3) is 6.19.